The molecule has 174 valence electrons. The normalized spacial score (nSPS) is 29.3. The van der Waals surface area contributed by atoms with Gasteiger partial charge in [-0.2, -0.15) is 0 Å². The highest BCUT2D eigenvalue weighted by molar-refractivity contribution is 5.51. The third-order valence-corrected chi connectivity index (χ3v) is 8.77. The zero-order valence-corrected chi connectivity index (χ0v) is 20.7. The van der Waals surface area contributed by atoms with Gasteiger partial charge in [0.05, 0.1) is 0 Å². The molecular weight excluding hydrogens is 382 g/mol. The molecule has 1 saturated heterocycles. The zero-order chi connectivity index (χ0) is 22.2. The average molecular weight is 428 g/mol. The van der Waals surface area contributed by atoms with Crippen LogP contribution in [0.15, 0.2) is 12.1 Å². The van der Waals surface area contributed by atoms with E-state index in [0.717, 1.165) is 31.3 Å². The van der Waals surface area contributed by atoms with Gasteiger partial charge in [-0.15, -0.1) is 0 Å². The van der Waals surface area contributed by atoms with Gasteiger partial charge in [0.15, 0.2) is 0 Å². The fourth-order valence-electron chi connectivity index (χ4n) is 7.33. The molecule has 3 heteroatoms. The van der Waals surface area contributed by atoms with Crippen LogP contribution in [0.5, 0.6) is 5.75 Å². The first-order chi connectivity index (χ1) is 14.7. The molecule has 0 amide bonds. The Morgan fingerprint density at radius 1 is 1.06 bits per heavy atom. The van der Waals surface area contributed by atoms with E-state index in [4.69, 9.17) is 4.74 Å². The molecule has 2 unspecified atom stereocenters. The first kappa shape index (κ1) is 23.1. The summed E-state index contributed by atoms with van der Waals surface area (Å²) in [6.07, 6.45) is 9.87. The van der Waals surface area contributed by atoms with Crippen LogP contribution in [0.1, 0.15) is 102 Å². The molecule has 3 atom stereocenters. The van der Waals surface area contributed by atoms with Crippen molar-refractivity contribution in [2.75, 3.05) is 26.2 Å². The van der Waals surface area contributed by atoms with Gasteiger partial charge in [0, 0.05) is 12.1 Å². The molecule has 0 radical (unpaired) electrons. The Hall–Kier alpha value is -1.06. The van der Waals surface area contributed by atoms with Crippen molar-refractivity contribution >= 4 is 0 Å². The summed E-state index contributed by atoms with van der Waals surface area (Å²) < 4.78 is 6.30. The maximum Gasteiger partial charge on any atom is 0.123 e. The van der Waals surface area contributed by atoms with Crippen LogP contribution in [0.25, 0.3) is 0 Å². The summed E-state index contributed by atoms with van der Waals surface area (Å²) in [5.41, 5.74) is 5.24. The molecular formula is C28H45NO2. The number of rotatable bonds is 6. The van der Waals surface area contributed by atoms with E-state index in [9.17, 15) is 5.11 Å². The summed E-state index contributed by atoms with van der Waals surface area (Å²) in [5.74, 6) is 2.20. The topological polar surface area (TPSA) is 32.7 Å². The maximum atomic E-state index is 10.6. The van der Waals surface area contributed by atoms with Crippen LogP contribution in [-0.2, 0) is 11.8 Å². The summed E-state index contributed by atoms with van der Waals surface area (Å²) >= 11 is 0. The van der Waals surface area contributed by atoms with Gasteiger partial charge in [0.25, 0.3) is 0 Å². The number of nitrogens with zero attached hydrogens (tertiary/aromatic N) is 1. The summed E-state index contributed by atoms with van der Waals surface area (Å²) in [5, 5.41) is 10.6. The minimum absolute atomic E-state index is 0.283. The molecule has 0 aromatic heterocycles. The van der Waals surface area contributed by atoms with Gasteiger partial charge in [-0.05, 0) is 91.5 Å². The summed E-state index contributed by atoms with van der Waals surface area (Å²) in [6, 6.07) is 4.60. The predicted octanol–water partition coefficient (Wildman–Crippen LogP) is 6.07. The molecule has 1 N–H and O–H groups in total. The van der Waals surface area contributed by atoms with E-state index in [1.807, 2.05) is 0 Å². The van der Waals surface area contributed by atoms with Gasteiger partial charge in [0.2, 0.25) is 0 Å². The monoisotopic (exact) mass is 427 g/mol. The quantitative estimate of drug-likeness (QED) is 0.598. The van der Waals surface area contributed by atoms with Crippen LogP contribution in [0.3, 0.4) is 0 Å². The summed E-state index contributed by atoms with van der Waals surface area (Å²) in [6.45, 7) is 15.5. The lowest BCUT2D eigenvalue weighted by Gasteiger charge is -2.54. The van der Waals surface area contributed by atoms with Crippen LogP contribution in [0, 0.1) is 11.3 Å². The number of hydrogen-bond donors (Lipinski definition) is 1. The third-order valence-electron chi connectivity index (χ3n) is 8.77. The van der Waals surface area contributed by atoms with Crippen LogP contribution in [0.2, 0.25) is 0 Å². The minimum atomic E-state index is -0.421. The lowest BCUT2D eigenvalue weighted by atomic mass is 9.50. The molecule has 2 fully saturated rings. The van der Waals surface area contributed by atoms with E-state index in [0.29, 0.717) is 17.9 Å². The first-order valence-corrected chi connectivity index (χ1v) is 12.9. The van der Waals surface area contributed by atoms with Crippen molar-refractivity contribution in [3.05, 3.63) is 28.8 Å². The number of aliphatic hydroxyl groups excluding tert-OH is 1. The molecule has 3 nitrogen and oxygen atoms in total. The third kappa shape index (κ3) is 4.55. The fourth-order valence-corrected chi connectivity index (χ4v) is 7.33. The van der Waals surface area contributed by atoms with Gasteiger partial charge in [0.1, 0.15) is 18.5 Å². The van der Waals surface area contributed by atoms with Crippen LogP contribution in [-0.4, -0.2) is 42.4 Å². The zero-order valence-electron chi connectivity index (χ0n) is 20.7. The Morgan fingerprint density at radius 2 is 1.81 bits per heavy atom. The number of aliphatic hydroxyl groups is 1. The van der Waals surface area contributed by atoms with Crippen molar-refractivity contribution in [2.45, 2.75) is 103 Å². The minimum Gasteiger partial charge on any atom is -0.491 e. The number of likely N-dealkylation sites (tertiary alicyclic amines) is 1. The van der Waals surface area contributed by atoms with Crippen molar-refractivity contribution in [2.24, 2.45) is 11.3 Å². The number of β-amino-alcohol motifs (C(OH)–C–C–N with tert-alkyl or cyclic N) is 1. The number of ether oxygens (including phenoxy) is 1. The van der Waals surface area contributed by atoms with Gasteiger partial charge in [-0.3, -0.25) is 0 Å². The molecule has 1 aliphatic heterocycles. The molecule has 2 aliphatic carbocycles. The predicted molar refractivity (Wildman–Crippen MR) is 129 cm³/mol. The summed E-state index contributed by atoms with van der Waals surface area (Å²) in [4.78, 5) is 2.39. The Kier molecular flexibility index (Phi) is 6.75. The highest BCUT2D eigenvalue weighted by Crippen LogP contribution is 2.58. The van der Waals surface area contributed by atoms with E-state index in [1.54, 1.807) is 11.1 Å². The van der Waals surface area contributed by atoms with Crippen LogP contribution in [0.4, 0.5) is 0 Å². The van der Waals surface area contributed by atoms with E-state index in [2.05, 4.69) is 51.7 Å². The van der Waals surface area contributed by atoms with Crippen molar-refractivity contribution in [3.63, 3.8) is 0 Å². The highest BCUT2D eigenvalue weighted by atomic mass is 16.5. The first-order valence-electron chi connectivity index (χ1n) is 12.9. The van der Waals surface area contributed by atoms with Gasteiger partial charge >= 0.3 is 0 Å². The molecule has 1 saturated carbocycles. The van der Waals surface area contributed by atoms with Gasteiger partial charge in [-0.1, -0.05) is 53.5 Å². The molecule has 1 aromatic carbocycles. The number of hydrogen-bond acceptors (Lipinski definition) is 3. The number of piperidine rings is 1. The second kappa shape index (κ2) is 9.06. The van der Waals surface area contributed by atoms with E-state index >= 15 is 0 Å². The average Bonchev–Trinajstić information content (AvgIpc) is 2.71. The number of benzene rings is 1. The van der Waals surface area contributed by atoms with E-state index in [1.165, 1.54) is 56.9 Å². The van der Waals surface area contributed by atoms with Crippen LogP contribution < -0.4 is 4.74 Å². The van der Waals surface area contributed by atoms with E-state index < -0.39 is 6.10 Å². The molecule has 4 rings (SSSR count). The fraction of sp³-hybridized carbons (Fsp3) is 0.786. The lowest BCUT2D eigenvalue weighted by molar-refractivity contribution is 0.0401. The Balaban J connectivity index is 1.54. The van der Waals surface area contributed by atoms with Crippen molar-refractivity contribution in [1.29, 1.82) is 0 Å². The van der Waals surface area contributed by atoms with Crippen LogP contribution >= 0.6 is 0 Å². The second-order valence-electron chi connectivity index (χ2n) is 11.8. The maximum absolute atomic E-state index is 10.6. The summed E-state index contributed by atoms with van der Waals surface area (Å²) in [7, 11) is 0. The SMILES string of the molecule is CC(C)c1c(OCC(O)CN2CCCCC2)ccc2c1CCC1C(C)(C)CCC[C@]21C. The second-order valence-corrected chi connectivity index (χ2v) is 11.8. The number of fused-ring (bicyclic) bond motifs is 3. The van der Waals surface area contributed by atoms with Crippen molar-refractivity contribution in [1.82, 2.24) is 4.90 Å². The molecule has 1 aromatic rings. The standard InChI is InChI=1S/C28H45NO2/c1-20(2)26-22-10-13-25-27(3,4)14-9-15-28(25,5)23(22)11-12-24(26)31-19-21(30)18-29-16-7-6-8-17-29/h11-12,20-21,25,30H,6-10,13-19H2,1-5H3/t21?,25?,28-/m1/s1. The molecule has 0 spiro atoms. The molecule has 31 heavy (non-hydrogen) atoms. The Labute approximate surface area is 190 Å². The van der Waals surface area contributed by atoms with Crippen molar-refractivity contribution in [3.8, 4) is 5.75 Å². The molecule has 1 heterocycles. The van der Waals surface area contributed by atoms with Gasteiger partial charge < -0.3 is 14.7 Å². The Bertz CT molecular complexity index is 765. The highest BCUT2D eigenvalue weighted by Gasteiger charge is 2.50. The van der Waals surface area contributed by atoms with Gasteiger partial charge in [-0.25, -0.2) is 0 Å². The van der Waals surface area contributed by atoms with Crippen molar-refractivity contribution < 1.29 is 9.84 Å². The smallest absolute Gasteiger partial charge is 0.123 e. The Morgan fingerprint density at radius 3 is 2.52 bits per heavy atom. The van der Waals surface area contributed by atoms with E-state index in [-0.39, 0.29) is 5.41 Å². The lowest BCUT2D eigenvalue weighted by Crippen LogP contribution is -2.48. The molecule has 3 aliphatic rings. The molecule has 0 bridgehead atoms. The largest absolute Gasteiger partial charge is 0.491 e.